The van der Waals surface area contributed by atoms with Crippen molar-refractivity contribution in [2.75, 3.05) is 6.61 Å². The van der Waals surface area contributed by atoms with Crippen molar-refractivity contribution >= 4 is 0 Å². The van der Waals surface area contributed by atoms with Crippen molar-refractivity contribution in [3.63, 3.8) is 0 Å². The molecule has 0 saturated carbocycles. The van der Waals surface area contributed by atoms with Crippen molar-refractivity contribution in [1.29, 1.82) is 0 Å². The molecule has 1 aromatic carbocycles. The Morgan fingerprint density at radius 1 is 1.13 bits per heavy atom. The van der Waals surface area contributed by atoms with Gasteiger partial charge in [0.2, 0.25) is 0 Å². The SMILES string of the molecule is CCC(CC)COc1ccc(C)cc1C. The Balaban J connectivity index is 2.57. The highest BCUT2D eigenvalue weighted by molar-refractivity contribution is 5.35. The van der Waals surface area contributed by atoms with Crippen molar-refractivity contribution in [2.45, 2.75) is 40.5 Å². The van der Waals surface area contributed by atoms with Crippen molar-refractivity contribution in [3.8, 4) is 5.75 Å². The van der Waals surface area contributed by atoms with E-state index >= 15 is 0 Å². The highest BCUT2D eigenvalue weighted by atomic mass is 16.5. The van der Waals surface area contributed by atoms with Crippen LogP contribution in [-0.4, -0.2) is 6.61 Å². The molecule has 0 unspecified atom stereocenters. The first-order valence-electron chi connectivity index (χ1n) is 5.87. The summed E-state index contributed by atoms with van der Waals surface area (Å²) in [5.74, 6) is 1.72. The summed E-state index contributed by atoms with van der Waals surface area (Å²) in [5.41, 5.74) is 2.53. The zero-order valence-electron chi connectivity index (χ0n) is 10.3. The van der Waals surface area contributed by atoms with E-state index in [0.29, 0.717) is 5.92 Å². The van der Waals surface area contributed by atoms with Gasteiger partial charge in [0.25, 0.3) is 0 Å². The van der Waals surface area contributed by atoms with Gasteiger partial charge < -0.3 is 4.74 Å². The maximum absolute atomic E-state index is 5.84. The van der Waals surface area contributed by atoms with Crippen LogP contribution in [0.3, 0.4) is 0 Å². The largest absolute Gasteiger partial charge is 0.493 e. The minimum atomic E-state index is 0.686. The molecule has 0 amide bonds. The fourth-order valence-corrected chi connectivity index (χ4v) is 1.69. The Kier molecular flexibility index (Phi) is 4.67. The smallest absolute Gasteiger partial charge is 0.122 e. The zero-order valence-corrected chi connectivity index (χ0v) is 10.3. The van der Waals surface area contributed by atoms with E-state index in [-0.39, 0.29) is 0 Å². The summed E-state index contributed by atoms with van der Waals surface area (Å²) in [7, 11) is 0. The van der Waals surface area contributed by atoms with Gasteiger partial charge in [0.1, 0.15) is 5.75 Å². The highest BCUT2D eigenvalue weighted by Gasteiger charge is 2.05. The second-order valence-electron chi connectivity index (χ2n) is 4.26. The molecule has 0 atom stereocenters. The van der Waals surface area contributed by atoms with Crippen molar-refractivity contribution in [1.82, 2.24) is 0 Å². The van der Waals surface area contributed by atoms with Gasteiger partial charge in [0.15, 0.2) is 0 Å². The maximum Gasteiger partial charge on any atom is 0.122 e. The lowest BCUT2D eigenvalue weighted by atomic mass is 10.1. The van der Waals surface area contributed by atoms with Crippen LogP contribution in [0.4, 0.5) is 0 Å². The van der Waals surface area contributed by atoms with Crippen LogP contribution in [0, 0.1) is 19.8 Å². The molecule has 0 radical (unpaired) electrons. The van der Waals surface area contributed by atoms with Crippen molar-refractivity contribution in [2.24, 2.45) is 5.92 Å². The second-order valence-corrected chi connectivity index (χ2v) is 4.26. The van der Waals surface area contributed by atoms with Gasteiger partial charge in [-0.15, -0.1) is 0 Å². The Bertz CT molecular complexity index is 300. The lowest BCUT2D eigenvalue weighted by Crippen LogP contribution is -2.10. The average Bonchev–Trinajstić information content (AvgIpc) is 2.22. The Labute approximate surface area is 93.5 Å². The average molecular weight is 206 g/mol. The first-order valence-corrected chi connectivity index (χ1v) is 5.87. The lowest BCUT2D eigenvalue weighted by Gasteiger charge is -2.15. The lowest BCUT2D eigenvalue weighted by molar-refractivity contribution is 0.239. The van der Waals surface area contributed by atoms with E-state index in [1.54, 1.807) is 0 Å². The first kappa shape index (κ1) is 12.1. The van der Waals surface area contributed by atoms with Crippen LogP contribution in [-0.2, 0) is 0 Å². The van der Waals surface area contributed by atoms with Gasteiger partial charge in [-0.3, -0.25) is 0 Å². The molecule has 0 bridgehead atoms. The van der Waals surface area contributed by atoms with Crippen LogP contribution in [0.2, 0.25) is 0 Å². The number of ether oxygens (including phenoxy) is 1. The molecule has 0 aliphatic carbocycles. The molecule has 0 N–H and O–H groups in total. The van der Waals surface area contributed by atoms with Crippen LogP contribution in [0.5, 0.6) is 5.75 Å². The molecule has 0 saturated heterocycles. The van der Waals surface area contributed by atoms with Crippen LogP contribution in [0.1, 0.15) is 37.8 Å². The summed E-state index contributed by atoms with van der Waals surface area (Å²) in [4.78, 5) is 0. The second kappa shape index (κ2) is 5.79. The molecule has 0 aromatic heterocycles. The monoisotopic (exact) mass is 206 g/mol. The number of benzene rings is 1. The molecule has 84 valence electrons. The normalized spacial score (nSPS) is 10.7. The van der Waals surface area contributed by atoms with E-state index in [4.69, 9.17) is 4.74 Å². The summed E-state index contributed by atoms with van der Waals surface area (Å²) in [5, 5.41) is 0. The molecule has 1 aromatic rings. The number of hydrogen-bond acceptors (Lipinski definition) is 1. The molecule has 0 aliphatic rings. The number of aryl methyl sites for hydroxylation is 2. The fourth-order valence-electron chi connectivity index (χ4n) is 1.69. The third-order valence-electron chi connectivity index (χ3n) is 2.96. The van der Waals surface area contributed by atoms with Crippen molar-refractivity contribution < 1.29 is 4.74 Å². The summed E-state index contributed by atoms with van der Waals surface area (Å²) in [6.07, 6.45) is 2.39. The minimum absolute atomic E-state index is 0.686. The van der Waals surface area contributed by atoms with E-state index < -0.39 is 0 Å². The molecular weight excluding hydrogens is 184 g/mol. The summed E-state index contributed by atoms with van der Waals surface area (Å²) < 4.78 is 5.84. The molecule has 0 aliphatic heterocycles. The molecular formula is C14H22O. The standard InChI is InChI=1S/C14H22O/c1-5-13(6-2)10-15-14-8-7-11(3)9-12(14)4/h7-9,13H,5-6,10H2,1-4H3. The van der Waals surface area contributed by atoms with Gasteiger partial charge in [0, 0.05) is 0 Å². The van der Waals surface area contributed by atoms with E-state index in [9.17, 15) is 0 Å². The van der Waals surface area contributed by atoms with Crippen LogP contribution < -0.4 is 4.74 Å². The topological polar surface area (TPSA) is 9.23 Å². The predicted octanol–water partition coefficient (Wildman–Crippen LogP) is 4.12. The van der Waals surface area contributed by atoms with Crippen LogP contribution >= 0.6 is 0 Å². The summed E-state index contributed by atoms with van der Waals surface area (Å²) in [6.45, 7) is 9.50. The minimum Gasteiger partial charge on any atom is -0.493 e. The third kappa shape index (κ3) is 3.58. The third-order valence-corrected chi connectivity index (χ3v) is 2.96. The van der Waals surface area contributed by atoms with Gasteiger partial charge in [0.05, 0.1) is 6.61 Å². The van der Waals surface area contributed by atoms with Gasteiger partial charge in [-0.05, 0) is 31.4 Å². The van der Waals surface area contributed by atoms with Gasteiger partial charge in [-0.25, -0.2) is 0 Å². The Morgan fingerprint density at radius 2 is 1.80 bits per heavy atom. The van der Waals surface area contributed by atoms with Crippen LogP contribution in [0.15, 0.2) is 18.2 Å². The molecule has 1 heteroatoms. The maximum atomic E-state index is 5.84. The predicted molar refractivity (Wildman–Crippen MR) is 65.5 cm³/mol. The van der Waals surface area contributed by atoms with Gasteiger partial charge >= 0.3 is 0 Å². The Hall–Kier alpha value is -0.980. The molecule has 0 spiro atoms. The zero-order chi connectivity index (χ0) is 11.3. The number of hydrogen-bond donors (Lipinski definition) is 0. The fraction of sp³-hybridized carbons (Fsp3) is 0.571. The molecule has 0 heterocycles. The van der Waals surface area contributed by atoms with Gasteiger partial charge in [-0.2, -0.15) is 0 Å². The summed E-state index contributed by atoms with van der Waals surface area (Å²) >= 11 is 0. The first-order chi connectivity index (χ1) is 7.17. The molecule has 1 rings (SSSR count). The highest BCUT2D eigenvalue weighted by Crippen LogP contribution is 2.20. The van der Waals surface area contributed by atoms with E-state index in [0.717, 1.165) is 12.4 Å². The van der Waals surface area contributed by atoms with Gasteiger partial charge in [-0.1, -0.05) is 44.4 Å². The van der Waals surface area contributed by atoms with Crippen molar-refractivity contribution in [3.05, 3.63) is 29.3 Å². The van der Waals surface area contributed by atoms with E-state index in [1.807, 2.05) is 0 Å². The molecule has 15 heavy (non-hydrogen) atoms. The summed E-state index contributed by atoms with van der Waals surface area (Å²) in [6, 6.07) is 6.35. The van der Waals surface area contributed by atoms with E-state index in [1.165, 1.54) is 24.0 Å². The quantitative estimate of drug-likeness (QED) is 0.704. The number of rotatable bonds is 5. The molecule has 1 nitrogen and oxygen atoms in total. The molecule has 0 fully saturated rings. The van der Waals surface area contributed by atoms with E-state index in [2.05, 4.69) is 45.9 Å². The Morgan fingerprint density at radius 3 is 2.33 bits per heavy atom. The van der Waals surface area contributed by atoms with Crippen LogP contribution in [0.25, 0.3) is 0 Å².